The Labute approximate surface area is 124 Å². The Morgan fingerprint density at radius 3 is 2.57 bits per heavy atom. The van der Waals surface area contributed by atoms with Crippen LogP contribution in [0.3, 0.4) is 0 Å². The SMILES string of the molecule is COCCCNCCS(=O)(=O)c1ccc(/C(N)=N/O)cc1. The number of benzene rings is 1. The predicted molar refractivity (Wildman–Crippen MR) is 80.4 cm³/mol. The molecule has 21 heavy (non-hydrogen) atoms. The molecule has 0 amide bonds. The van der Waals surface area contributed by atoms with Gasteiger partial charge in [-0.3, -0.25) is 0 Å². The van der Waals surface area contributed by atoms with Crippen LogP contribution in [0.15, 0.2) is 34.3 Å². The number of amidine groups is 1. The first-order valence-corrected chi connectivity index (χ1v) is 8.17. The number of methoxy groups -OCH3 is 1. The summed E-state index contributed by atoms with van der Waals surface area (Å²) in [6, 6.07) is 5.92. The summed E-state index contributed by atoms with van der Waals surface area (Å²) >= 11 is 0. The number of nitrogens with zero attached hydrogens (tertiary/aromatic N) is 1. The second kappa shape index (κ2) is 8.60. The quantitative estimate of drug-likeness (QED) is 0.197. The van der Waals surface area contributed by atoms with Gasteiger partial charge in [0.15, 0.2) is 15.7 Å². The normalized spacial score (nSPS) is 12.5. The fraction of sp³-hybridized carbons (Fsp3) is 0.462. The molecule has 0 bridgehead atoms. The van der Waals surface area contributed by atoms with Crippen molar-refractivity contribution in [3.8, 4) is 0 Å². The van der Waals surface area contributed by atoms with Crippen molar-refractivity contribution in [1.82, 2.24) is 5.32 Å². The van der Waals surface area contributed by atoms with Crippen LogP contribution in [0.4, 0.5) is 0 Å². The molecule has 8 heteroatoms. The molecule has 1 aromatic carbocycles. The smallest absolute Gasteiger partial charge is 0.179 e. The van der Waals surface area contributed by atoms with E-state index in [0.717, 1.165) is 6.42 Å². The molecule has 4 N–H and O–H groups in total. The summed E-state index contributed by atoms with van der Waals surface area (Å²) in [5, 5.41) is 14.5. The summed E-state index contributed by atoms with van der Waals surface area (Å²) in [6.45, 7) is 1.74. The molecule has 0 aliphatic rings. The zero-order valence-corrected chi connectivity index (χ0v) is 12.8. The monoisotopic (exact) mass is 315 g/mol. The largest absolute Gasteiger partial charge is 0.409 e. The van der Waals surface area contributed by atoms with E-state index in [2.05, 4.69) is 10.5 Å². The fourth-order valence-corrected chi connectivity index (χ4v) is 2.88. The Morgan fingerprint density at radius 2 is 2.00 bits per heavy atom. The van der Waals surface area contributed by atoms with Gasteiger partial charge >= 0.3 is 0 Å². The fourth-order valence-electron chi connectivity index (χ4n) is 1.68. The highest BCUT2D eigenvalue weighted by molar-refractivity contribution is 7.91. The van der Waals surface area contributed by atoms with Crippen LogP contribution in [0.2, 0.25) is 0 Å². The van der Waals surface area contributed by atoms with Gasteiger partial charge < -0.3 is 21.0 Å². The molecule has 0 aromatic heterocycles. The van der Waals surface area contributed by atoms with Crippen LogP contribution in [-0.4, -0.2) is 52.0 Å². The van der Waals surface area contributed by atoms with E-state index >= 15 is 0 Å². The first-order chi connectivity index (χ1) is 10.0. The van der Waals surface area contributed by atoms with Crippen molar-refractivity contribution in [1.29, 1.82) is 0 Å². The van der Waals surface area contributed by atoms with Crippen molar-refractivity contribution >= 4 is 15.7 Å². The van der Waals surface area contributed by atoms with Gasteiger partial charge in [0.05, 0.1) is 10.6 Å². The van der Waals surface area contributed by atoms with Crippen molar-refractivity contribution in [3.05, 3.63) is 29.8 Å². The lowest BCUT2D eigenvalue weighted by atomic mass is 10.2. The van der Waals surface area contributed by atoms with Crippen LogP contribution in [0.1, 0.15) is 12.0 Å². The van der Waals surface area contributed by atoms with Crippen molar-refractivity contribution in [2.24, 2.45) is 10.9 Å². The van der Waals surface area contributed by atoms with E-state index in [-0.39, 0.29) is 16.5 Å². The Morgan fingerprint density at radius 1 is 1.33 bits per heavy atom. The second-order valence-corrected chi connectivity index (χ2v) is 6.53. The molecule has 0 saturated heterocycles. The zero-order chi connectivity index (χ0) is 15.7. The van der Waals surface area contributed by atoms with Gasteiger partial charge in [-0.25, -0.2) is 8.42 Å². The maximum Gasteiger partial charge on any atom is 0.179 e. The van der Waals surface area contributed by atoms with E-state index in [9.17, 15) is 8.42 Å². The minimum atomic E-state index is -3.34. The molecule has 0 spiro atoms. The van der Waals surface area contributed by atoms with E-state index in [1.54, 1.807) is 7.11 Å². The summed E-state index contributed by atoms with van der Waals surface area (Å²) in [6.07, 6.45) is 0.838. The van der Waals surface area contributed by atoms with Crippen LogP contribution in [0.5, 0.6) is 0 Å². The van der Waals surface area contributed by atoms with E-state index in [0.29, 0.717) is 25.3 Å². The Balaban J connectivity index is 2.54. The molecular weight excluding hydrogens is 294 g/mol. The number of hydrogen-bond acceptors (Lipinski definition) is 6. The lowest BCUT2D eigenvalue weighted by Gasteiger charge is -2.07. The average molecular weight is 315 g/mol. The van der Waals surface area contributed by atoms with Gasteiger partial charge in [0.2, 0.25) is 0 Å². The average Bonchev–Trinajstić information content (AvgIpc) is 2.50. The van der Waals surface area contributed by atoms with Crippen molar-refractivity contribution < 1.29 is 18.4 Å². The standard InChI is InChI=1S/C13H21N3O4S/c1-20-9-2-7-15-8-10-21(18,19)12-5-3-11(4-6-12)13(14)16-17/h3-6,15,17H,2,7-10H2,1H3,(H2,14,16). The molecule has 0 fully saturated rings. The first kappa shape index (κ1) is 17.4. The minimum Gasteiger partial charge on any atom is -0.409 e. The second-order valence-electron chi connectivity index (χ2n) is 4.42. The number of rotatable bonds is 9. The van der Waals surface area contributed by atoms with Gasteiger partial charge in [-0.15, -0.1) is 0 Å². The first-order valence-electron chi connectivity index (χ1n) is 6.51. The van der Waals surface area contributed by atoms with Gasteiger partial charge in [0.25, 0.3) is 0 Å². The summed E-state index contributed by atoms with van der Waals surface area (Å²) in [4.78, 5) is 0.218. The molecule has 1 aromatic rings. The van der Waals surface area contributed by atoms with Gasteiger partial charge in [0, 0.05) is 25.8 Å². The zero-order valence-electron chi connectivity index (χ0n) is 11.9. The molecule has 0 atom stereocenters. The summed E-state index contributed by atoms with van der Waals surface area (Å²) in [5.74, 6) is -0.0399. The van der Waals surface area contributed by atoms with E-state index in [1.807, 2.05) is 0 Å². The lowest BCUT2D eigenvalue weighted by molar-refractivity contribution is 0.194. The third kappa shape index (κ3) is 5.70. The lowest BCUT2D eigenvalue weighted by Crippen LogP contribution is -2.24. The maximum atomic E-state index is 12.1. The number of hydrogen-bond donors (Lipinski definition) is 3. The number of ether oxygens (including phenoxy) is 1. The van der Waals surface area contributed by atoms with Crippen LogP contribution in [0.25, 0.3) is 0 Å². The molecule has 7 nitrogen and oxygen atoms in total. The molecule has 0 heterocycles. The summed E-state index contributed by atoms with van der Waals surface area (Å²) in [5.41, 5.74) is 5.89. The van der Waals surface area contributed by atoms with Crippen LogP contribution in [-0.2, 0) is 14.6 Å². The van der Waals surface area contributed by atoms with E-state index < -0.39 is 9.84 Å². The Kier molecular flexibility index (Phi) is 7.13. The topological polar surface area (TPSA) is 114 Å². The molecule has 0 saturated carbocycles. The molecule has 1 rings (SSSR count). The molecular formula is C13H21N3O4S. The molecule has 0 radical (unpaired) electrons. The van der Waals surface area contributed by atoms with E-state index in [1.165, 1.54) is 24.3 Å². The molecule has 118 valence electrons. The Hall–Kier alpha value is -1.64. The minimum absolute atomic E-state index is 0.0168. The third-order valence-electron chi connectivity index (χ3n) is 2.87. The molecule has 0 unspecified atom stereocenters. The highest BCUT2D eigenvalue weighted by atomic mass is 32.2. The third-order valence-corrected chi connectivity index (χ3v) is 4.60. The number of nitrogens with two attached hydrogens (primary N) is 1. The van der Waals surface area contributed by atoms with E-state index in [4.69, 9.17) is 15.7 Å². The summed E-state index contributed by atoms with van der Waals surface area (Å²) < 4.78 is 29.1. The van der Waals surface area contributed by atoms with Crippen LogP contribution >= 0.6 is 0 Å². The summed E-state index contributed by atoms with van der Waals surface area (Å²) in [7, 11) is -1.71. The molecule has 0 aliphatic carbocycles. The van der Waals surface area contributed by atoms with Gasteiger partial charge in [0.1, 0.15) is 0 Å². The predicted octanol–water partition coefficient (Wildman–Crippen LogP) is 0.181. The molecule has 0 aliphatic heterocycles. The van der Waals surface area contributed by atoms with Crippen molar-refractivity contribution in [2.45, 2.75) is 11.3 Å². The van der Waals surface area contributed by atoms with Crippen molar-refractivity contribution in [3.63, 3.8) is 0 Å². The highest BCUT2D eigenvalue weighted by Crippen LogP contribution is 2.12. The highest BCUT2D eigenvalue weighted by Gasteiger charge is 2.14. The van der Waals surface area contributed by atoms with Crippen molar-refractivity contribution in [2.75, 3.05) is 32.6 Å². The number of oxime groups is 1. The number of nitrogens with one attached hydrogen (secondary N) is 1. The van der Waals surface area contributed by atoms with Gasteiger partial charge in [-0.2, -0.15) is 0 Å². The Bertz CT molecular complexity index is 555. The van der Waals surface area contributed by atoms with Gasteiger partial charge in [-0.1, -0.05) is 5.16 Å². The number of sulfone groups is 1. The van der Waals surface area contributed by atoms with Crippen LogP contribution < -0.4 is 11.1 Å². The van der Waals surface area contributed by atoms with Crippen LogP contribution in [0, 0.1) is 0 Å². The maximum absolute atomic E-state index is 12.1. The van der Waals surface area contributed by atoms with Gasteiger partial charge in [-0.05, 0) is 37.2 Å².